The van der Waals surface area contributed by atoms with Crippen molar-refractivity contribution in [1.82, 2.24) is 0 Å². The summed E-state index contributed by atoms with van der Waals surface area (Å²) in [5.74, 6) is -0.128. The molecule has 0 fully saturated rings. The lowest BCUT2D eigenvalue weighted by atomic mass is 9.83. The molecule has 0 aliphatic rings. The Kier molecular flexibility index (Phi) is 3.77. The molecule has 0 radical (unpaired) electrons. The minimum absolute atomic E-state index is 0.0647. The Hall–Kier alpha value is -2.29. The van der Waals surface area contributed by atoms with Crippen LogP contribution >= 0.6 is 0 Å². The van der Waals surface area contributed by atoms with E-state index < -0.39 is 0 Å². The first-order valence-corrected chi connectivity index (χ1v) is 6.94. The average molecular weight is 283 g/mol. The van der Waals surface area contributed by atoms with Gasteiger partial charge in [0.05, 0.1) is 5.56 Å². The molecule has 2 rings (SSSR count). The number of ketones is 1. The van der Waals surface area contributed by atoms with Crippen molar-refractivity contribution in [3.8, 4) is 5.75 Å². The number of phenols is 1. The van der Waals surface area contributed by atoms with E-state index in [0.717, 1.165) is 11.1 Å². The van der Waals surface area contributed by atoms with Gasteiger partial charge in [-0.1, -0.05) is 26.8 Å². The zero-order valence-corrected chi connectivity index (χ0v) is 12.9. The van der Waals surface area contributed by atoms with Crippen LogP contribution in [0.1, 0.15) is 47.8 Å². The van der Waals surface area contributed by atoms with E-state index in [4.69, 9.17) is 5.73 Å². The molecule has 3 heteroatoms. The van der Waals surface area contributed by atoms with E-state index in [2.05, 4.69) is 0 Å². The lowest BCUT2D eigenvalue weighted by Crippen LogP contribution is -2.14. The van der Waals surface area contributed by atoms with Crippen LogP contribution in [0.25, 0.3) is 0 Å². The second-order valence-electron chi connectivity index (χ2n) is 6.41. The number of rotatable bonds is 2. The van der Waals surface area contributed by atoms with Crippen LogP contribution in [0.3, 0.4) is 0 Å². The van der Waals surface area contributed by atoms with Crippen molar-refractivity contribution in [3.63, 3.8) is 0 Å². The molecule has 21 heavy (non-hydrogen) atoms. The van der Waals surface area contributed by atoms with E-state index in [1.807, 2.05) is 33.8 Å². The van der Waals surface area contributed by atoms with Crippen molar-refractivity contribution in [2.24, 2.45) is 0 Å². The first-order chi connectivity index (χ1) is 9.70. The maximum absolute atomic E-state index is 12.6. The fourth-order valence-electron chi connectivity index (χ4n) is 2.31. The fraction of sp³-hybridized carbons (Fsp3) is 0.278. The molecule has 0 aliphatic carbocycles. The molecule has 2 aromatic carbocycles. The van der Waals surface area contributed by atoms with Crippen LogP contribution in [0, 0.1) is 6.92 Å². The van der Waals surface area contributed by atoms with Gasteiger partial charge in [0.25, 0.3) is 0 Å². The smallest absolute Gasteiger partial charge is 0.196 e. The zero-order chi connectivity index (χ0) is 15.8. The first-order valence-electron chi connectivity index (χ1n) is 6.94. The molecule has 0 heterocycles. The van der Waals surface area contributed by atoms with Crippen molar-refractivity contribution in [1.29, 1.82) is 0 Å². The Labute approximate surface area is 125 Å². The molecule has 110 valence electrons. The van der Waals surface area contributed by atoms with Crippen molar-refractivity contribution < 1.29 is 9.90 Å². The van der Waals surface area contributed by atoms with Crippen LogP contribution in [0.5, 0.6) is 5.75 Å². The summed E-state index contributed by atoms with van der Waals surface area (Å²) in [5, 5.41) is 10.5. The lowest BCUT2D eigenvalue weighted by molar-refractivity contribution is 0.103. The minimum Gasteiger partial charge on any atom is -0.507 e. The van der Waals surface area contributed by atoms with Gasteiger partial charge < -0.3 is 10.8 Å². The second-order valence-corrected chi connectivity index (χ2v) is 6.41. The van der Waals surface area contributed by atoms with Crippen molar-refractivity contribution in [2.75, 3.05) is 5.73 Å². The highest BCUT2D eigenvalue weighted by Gasteiger charge is 2.23. The second kappa shape index (κ2) is 5.24. The number of carbonyl (C=O) groups excluding carboxylic acids is 1. The number of benzene rings is 2. The van der Waals surface area contributed by atoms with E-state index in [1.54, 1.807) is 30.3 Å². The van der Waals surface area contributed by atoms with Gasteiger partial charge in [-0.2, -0.15) is 0 Å². The highest BCUT2D eigenvalue weighted by Crippen LogP contribution is 2.35. The van der Waals surface area contributed by atoms with Crippen LogP contribution < -0.4 is 5.73 Å². The van der Waals surface area contributed by atoms with Gasteiger partial charge in [0.1, 0.15) is 5.75 Å². The summed E-state index contributed by atoms with van der Waals surface area (Å²) < 4.78 is 0. The molecule has 2 aromatic rings. The molecule has 0 unspecified atom stereocenters. The van der Waals surface area contributed by atoms with E-state index in [1.165, 1.54) is 0 Å². The summed E-state index contributed by atoms with van der Waals surface area (Å²) in [4.78, 5) is 12.6. The summed E-state index contributed by atoms with van der Waals surface area (Å²) in [5.41, 5.74) is 8.61. The average Bonchev–Trinajstić information content (AvgIpc) is 2.40. The summed E-state index contributed by atoms with van der Waals surface area (Å²) in [7, 11) is 0. The van der Waals surface area contributed by atoms with E-state index >= 15 is 0 Å². The molecule has 0 bridgehead atoms. The van der Waals surface area contributed by atoms with Crippen LogP contribution in [0.2, 0.25) is 0 Å². The monoisotopic (exact) mass is 283 g/mol. The standard InChI is InChI=1S/C18H21NO2/c1-11-9-14(17(21)15(10-11)18(2,3)4)16(20)12-5-7-13(19)8-6-12/h5-10,21H,19H2,1-4H3. The summed E-state index contributed by atoms with van der Waals surface area (Å²) in [6, 6.07) is 10.4. The number of anilines is 1. The molecule has 3 N–H and O–H groups in total. The third kappa shape index (κ3) is 3.07. The van der Waals surface area contributed by atoms with Crippen LogP contribution in [-0.4, -0.2) is 10.9 Å². The molecule has 0 saturated heterocycles. The normalized spacial score (nSPS) is 11.4. The predicted molar refractivity (Wildman–Crippen MR) is 85.8 cm³/mol. The number of nitrogen functional groups attached to an aromatic ring is 1. The highest BCUT2D eigenvalue weighted by atomic mass is 16.3. The molecule has 0 aliphatic heterocycles. The third-order valence-electron chi connectivity index (χ3n) is 3.48. The zero-order valence-electron chi connectivity index (χ0n) is 12.9. The Morgan fingerprint density at radius 3 is 2.19 bits per heavy atom. The number of aryl methyl sites for hydroxylation is 1. The largest absolute Gasteiger partial charge is 0.507 e. The van der Waals surface area contributed by atoms with Crippen molar-refractivity contribution >= 4 is 11.5 Å². The SMILES string of the molecule is Cc1cc(C(=O)c2ccc(N)cc2)c(O)c(C(C)(C)C)c1. The molecule has 0 spiro atoms. The van der Waals surface area contributed by atoms with Crippen LogP contribution in [-0.2, 0) is 5.41 Å². The van der Waals surface area contributed by atoms with Gasteiger partial charge in [-0.15, -0.1) is 0 Å². The van der Waals surface area contributed by atoms with Crippen LogP contribution in [0.4, 0.5) is 5.69 Å². The molecule has 0 amide bonds. The van der Waals surface area contributed by atoms with E-state index in [9.17, 15) is 9.90 Å². The van der Waals surface area contributed by atoms with Gasteiger partial charge in [-0.3, -0.25) is 4.79 Å². The highest BCUT2D eigenvalue weighted by molar-refractivity contribution is 6.11. The quantitative estimate of drug-likeness (QED) is 0.650. The summed E-state index contributed by atoms with van der Waals surface area (Å²) in [6.07, 6.45) is 0. The fourth-order valence-corrected chi connectivity index (χ4v) is 2.31. The van der Waals surface area contributed by atoms with Gasteiger partial charge in [0, 0.05) is 16.8 Å². The van der Waals surface area contributed by atoms with Crippen molar-refractivity contribution in [3.05, 3.63) is 58.7 Å². The van der Waals surface area contributed by atoms with Crippen molar-refractivity contribution in [2.45, 2.75) is 33.1 Å². The third-order valence-corrected chi connectivity index (χ3v) is 3.48. The molecule has 0 aromatic heterocycles. The molecule has 3 nitrogen and oxygen atoms in total. The molecule has 0 saturated carbocycles. The number of hydrogen-bond acceptors (Lipinski definition) is 3. The number of hydrogen-bond donors (Lipinski definition) is 2. The number of carbonyl (C=O) groups is 1. The van der Waals surface area contributed by atoms with Gasteiger partial charge in [-0.05, 0) is 48.2 Å². The van der Waals surface area contributed by atoms with Gasteiger partial charge >= 0.3 is 0 Å². The number of aromatic hydroxyl groups is 1. The topological polar surface area (TPSA) is 63.3 Å². The Bertz CT molecular complexity index is 680. The minimum atomic E-state index is -0.230. The van der Waals surface area contributed by atoms with E-state index in [0.29, 0.717) is 16.8 Å². The maximum Gasteiger partial charge on any atom is 0.196 e. The van der Waals surface area contributed by atoms with Gasteiger partial charge in [-0.25, -0.2) is 0 Å². The first kappa shape index (κ1) is 15.1. The van der Waals surface area contributed by atoms with Crippen LogP contribution in [0.15, 0.2) is 36.4 Å². The lowest BCUT2D eigenvalue weighted by Gasteiger charge is -2.22. The number of nitrogens with two attached hydrogens (primary N) is 1. The maximum atomic E-state index is 12.6. The molecular weight excluding hydrogens is 262 g/mol. The predicted octanol–water partition coefficient (Wildman–Crippen LogP) is 3.81. The number of phenolic OH excluding ortho intramolecular Hbond substituents is 1. The van der Waals surface area contributed by atoms with Gasteiger partial charge in [0.2, 0.25) is 0 Å². The Balaban J connectivity index is 2.56. The van der Waals surface area contributed by atoms with Gasteiger partial charge in [0.15, 0.2) is 5.78 Å². The Morgan fingerprint density at radius 1 is 1.10 bits per heavy atom. The van der Waals surface area contributed by atoms with E-state index in [-0.39, 0.29) is 16.9 Å². The molecule has 0 atom stereocenters. The Morgan fingerprint density at radius 2 is 1.67 bits per heavy atom. The summed E-state index contributed by atoms with van der Waals surface area (Å²) >= 11 is 0. The summed E-state index contributed by atoms with van der Waals surface area (Å²) in [6.45, 7) is 7.96. The molecular formula is C18H21NO2.